The molecule has 2 heterocycles. The Balaban J connectivity index is 2.25. The smallest absolute Gasteiger partial charge is 0.263 e. The van der Waals surface area contributed by atoms with Crippen LogP contribution in [0.15, 0.2) is 30.3 Å². The van der Waals surface area contributed by atoms with Gasteiger partial charge >= 0.3 is 0 Å². The number of thiophene rings is 1. The van der Waals surface area contributed by atoms with Gasteiger partial charge < -0.3 is 11.1 Å². The number of pyridine rings is 1. The molecule has 0 radical (unpaired) electrons. The minimum atomic E-state index is -0.132. The molecule has 0 aliphatic heterocycles. The molecule has 19 heavy (non-hydrogen) atoms. The first-order valence-electron chi connectivity index (χ1n) is 6.06. The van der Waals surface area contributed by atoms with Gasteiger partial charge in [-0.05, 0) is 19.1 Å². The van der Waals surface area contributed by atoms with Crippen molar-refractivity contribution in [2.45, 2.75) is 6.92 Å². The van der Waals surface area contributed by atoms with Gasteiger partial charge in [-0.3, -0.25) is 4.79 Å². The predicted molar refractivity (Wildman–Crippen MR) is 79.5 cm³/mol. The summed E-state index contributed by atoms with van der Waals surface area (Å²) in [6.07, 6.45) is 0. The highest BCUT2D eigenvalue weighted by Gasteiger charge is 2.16. The van der Waals surface area contributed by atoms with Gasteiger partial charge in [-0.2, -0.15) is 0 Å². The van der Waals surface area contributed by atoms with Gasteiger partial charge in [-0.15, -0.1) is 11.3 Å². The molecule has 3 rings (SSSR count). The van der Waals surface area contributed by atoms with Crippen LogP contribution in [-0.4, -0.2) is 17.4 Å². The summed E-state index contributed by atoms with van der Waals surface area (Å²) in [5, 5.41) is 4.65. The van der Waals surface area contributed by atoms with E-state index in [2.05, 4.69) is 10.3 Å². The maximum Gasteiger partial charge on any atom is 0.263 e. The van der Waals surface area contributed by atoms with Crippen molar-refractivity contribution in [3.8, 4) is 0 Å². The van der Waals surface area contributed by atoms with Gasteiger partial charge in [0.1, 0.15) is 9.71 Å². The number of benzene rings is 1. The molecular formula is C14H13N3OS. The Morgan fingerprint density at radius 2 is 2.21 bits per heavy atom. The molecule has 96 valence electrons. The fraction of sp³-hybridized carbons (Fsp3) is 0.143. The highest BCUT2D eigenvalue weighted by molar-refractivity contribution is 7.21. The number of nitrogens with zero attached hydrogens (tertiary/aromatic N) is 1. The van der Waals surface area contributed by atoms with Crippen molar-refractivity contribution in [1.82, 2.24) is 10.3 Å². The van der Waals surface area contributed by atoms with Crippen LogP contribution in [0, 0.1) is 0 Å². The Hall–Kier alpha value is -2.14. The summed E-state index contributed by atoms with van der Waals surface area (Å²) >= 11 is 1.34. The lowest BCUT2D eigenvalue weighted by molar-refractivity contribution is 0.0960. The second-order valence-corrected chi connectivity index (χ2v) is 5.24. The van der Waals surface area contributed by atoms with Crippen LogP contribution >= 0.6 is 11.3 Å². The van der Waals surface area contributed by atoms with E-state index in [0.29, 0.717) is 17.1 Å². The molecule has 1 amide bonds. The first-order valence-corrected chi connectivity index (χ1v) is 6.88. The molecular weight excluding hydrogens is 258 g/mol. The number of carbonyl (C=O) groups excluding carboxylic acids is 1. The van der Waals surface area contributed by atoms with E-state index in [1.54, 1.807) is 0 Å². The number of hydrogen-bond donors (Lipinski definition) is 2. The van der Waals surface area contributed by atoms with Gasteiger partial charge in [0.25, 0.3) is 5.91 Å². The van der Waals surface area contributed by atoms with E-state index in [0.717, 1.165) is 21.1 Å². The summed E-state index contributed by atoms with van der Waals surface area (Å²) in [4.78, 5) is 17.8. The monoisotopic (exact) mass is 271 g/mol. The maximum absolute atomic E-state index is 11.9. The molecule has 0 spiro atoms. The normalized spacial score (nSPS) is 11.0. The molecule has 0 atom stereocenters. The van der Waals surface area contributed by atoms with Crippen LogP contribution in [0.4, 0.5) is 5.69 Å². The minimum absolute atomic E-state index is 0.132. The lowest BCUT2D eigenvalue weighted by Gasteiger charge is -1.99. The molecule has 0 aliphatic rings. The number of nitrogen functional groups attached to an aromatic ring is 1. The van der Waals surface area contributed by atoms with Gasteiger partial charge in [0, 0.05) is 17.3 Å². The minimum Gasteiger partial charge on any atom is -0.397 e. The van der Waals surface area contributed by atoms with E-state index in [-0.39, 0.29) is 5.91 Å². The third-order valence-electron chi connectivity index (χ3n) is 2.97. The third-order valence-corrected chi connectivity index (χ3v) is 4.08. The van der Waals surface area contributed by atoms with E-state index in [1.165, 1.54) is 11.3 Å². The summed E-state index contributed by atoms with van der Waals surface area (Å²) < 4.78 is 0. The summed E-state index contributed by atoms with van der Waals surface area (Å²) in [6.45, 7) is 2.47. The average molecular weight is 271 g/mol. The lowest BCUT2D eigenvalue weighted by atomic mass is 10.1. The van der Waals surface area contributed by atoms with Crippen LogP contribution in [0.25, 0.3) is 21.1 Å². The lowest BCUT2D eigenvalue weighted by Crippen LogP contribution is -2.22. The van der Waals surface area contributed by atoms with Crippen LogP contribution < -0.4 is 11.1 Å². The molecule has 4 nitrogen and oxygen atoms in total. The summed E-state index contributed by atoms with van der Waals surface area (Å²) in [5.41, 5.74) is 7.50. The van der Waals surface area contributed by atoms with E-state index >= 15 is 0 Å². The maximum atomic E-state index is 11.9. The van der Waals surface area contributed by atoms with Gasteiger partial charge in [0.15, 0.2) is 0 Å². The second kappa shape index (κ2) is 4.51. The number of nitrogens with two attached hydrogens (primary N) is 1. The van der Waals surface area contributed by atoms with Crippen molar-refractivity contribution >= 4 is 44.1 Å². The van der Waals surface area contributed by atoms with Crippen LogP contribution in [0.2, 0.25) is 0 Å². The van der Waals surface area contributed by atoms with Crippen molar-refractivity contribution in [2.75, 3.05) is 12.3 Å². The number of nitrogens with one attached hydrogen (secondary N) is 1. The first-order chi connectivity index (χ1) is 9.20. The molecule has 0 bridgehead atoms. The van der Waals surface area contributed by atoms with Crippen LogP contribution in [0.1, 0.15) is 16.6 Å². The van der Waals surface area contributed by atoms with Gasteiger partial charge in [-0.25, -0.2) is 4.98 Å². The molecule has 0 aliphatic carbocycles. The SMILES string of the molecule is CCNC(=O)c1sc2nc3ccccc3cc2c1N. The molecule has 0 saturated carbocycles. The molecule has 0 fully saturated rings. The Kier molecular flexibility index (Phi) is 2.83. The van der Waals surface area contributed by atoms with Gasteiger partial charge in [0.2, 0.25) is 0 Å². The summed E-state index contributed by atoms with van der Waals surface area (Å²) in [7, 11) is 0. The standard InChI is InChI=1S/C14H13N3OS/c1-2-16-13(18)12-11(15)9-7-8-5-3-4-6-10(8)17-14(9)19-12/h3-7H,2,15H2,1H3,(H,16,18). The van der Waals surface area contributed by atoms with Gasteiger partial charge in [-0.1, -0.05) is 18.2 Å². The van der Waals surface area contributed by atoms with E-state index < -0.39 is 0 Å². The Morgan fingerprint density at radius 3 is 3.00 bits per heavy atom. The highest BCUT2D eigenvalue weighted by Crippen LogP contribution is 2.34. The highest BCUT2D eigenvalue weighted by atomic mass is 32.1. The fourth-order valence-electron chi connectivity index (χ4n) is 2.05. The molecule has 5 heteroatoms. The fourth-order valence-corrected chi connectivity index (χ4v) is 3.05. The zero-order valence-electron chi connectivity index (χ0n) is 10.4. The largest absolute Gasteiger partial charge is 0.397 e. The number of amides is 1. The van der Waals surface area contributed by atoms with E-state index in [4.69, 9.17) is 5.73 Å². The van der Waals surface area contributed by atoms with Crippen molar-refractivity contribution in [2.24, 2.45) is 0 Å². The molecule has 0 unspecified atom stereocenters. The zero-order valence-corrected chi connectivity index (χ0v) is 11.3. The zero-order chi connectivity index (χ0) is 13.4. The quantitative estimate of drug-likeness (QED) is 0.753. The Morgan fingerprint density at radius 1 is 1.42 bits per heavy atom. The van der Waals surface area contributed by atoms with Crippen molar-refractivity contribution in [3.63, 3.8) is 0 Å². The topological polar surface area (TPSA) is 68.0 Å². The number of hydrogen-bond acceptors (Lipinski definition) is 4. The molecule has 3 N–H and O–H groups in total. The summed E-state index contributed by atoms with van der Waals surface area (Å²) in [5.74, 6) is -0.132. The van der Waals surface area contributed by atoms with Crippen molar-refractivity contribution in [1.29, 1.82) is 0 Å². The van der Waals surface area contributed by atoms with Gasteiger partial charge in [0.05, 0.1) is 11.2 Å². The van der Waals surface area contributed by atoms with Crippen molar-refractivity contribution < 1.29 is 4.79 Å². The Bertz CT molecular complexity index is 779. The molecule has 1 aromatic carbocycles. The van der Waals surface area contributed by atoms with Crippen LogP contribution in [-0.2, 0) is 0 Å². The Labute approximate surface area is 114 Å². The van der Waals surface area contributed by atoms with Crippen LogP contribution in [0.3, 0.4) is 0 Å². The number of aromatic nitrogens is 1. The molecule has 2 aromatic heterocycles. The van der Waals surface area contributed by atoms with Crippen molar-refractivity contribution in [3.05, 3.63) is 35.2 Å². The predicted octanol–water partition coefficient (Wildman–Crippen LogP) is 2.78. The number of carbonyl (C=O) groups is 1. The molecule has 3 aromatic rings. The average Bonchev–Trinajstić information content (AvgIpc) is 2.74. The van der Waals surface area contributed by atoms with E-state index in [1.807, 2.05) is 37.3 Å². The first kappa shape index (κ1) is 11.9. The number of anilines is 1. The molecule has 0 saturated heterocycles. The number of fused-ring (bicyclic) bond motifs is 2. The third kappa shape index (κ3) is 1.92. The van der Waals surface area contributed by atoms with Crippen LogP contribution in [0.5, 0.6) is 0 Å². The summed E-state index contributed by atoms with van der Waals surface area (Å²) in [6, 6.07) is 9.85. The number of rotatable bonds is 2. The number of para-hydroxylation sites is 1. The van der Waals surface area contributed by atoms with E-state index in [9.17, 15) is 4.79 Å². The second-order valence-electron chi connectivity index (χ2n) is 4.24.